The molecule has 0 spiro atoms. The minimum absolute atomic E-state index is 0.319. The maximum absolute atomic E-state index is 13.0. The Kier molecular flexibility index (Phi) is 3.43. The Balaban J connectivity index is 2.66. The molecule has 0 unspecified atom stereocenters. The molecule has 0 saturated heterocycles. The van der Waals surface area contributed by atoms with Crippen LogP contribution in [0.4, 0.5) is 14.5 Å². The van der Waals surface area contributed by atoms with Crippen LogP contribution in [0.25, 0.3) is 0 Å². The Bertz CT molecular complexity index is 308. The van der Waals surface area contributed by atoms with E-state index in [2.05, 4.69) is 5.32 Å². The van der Waals surface area contributed by atoms with E-state index >= 15 is 0 Å². The van der Waals surface area contributed by atoms with Gasteiger partial charge in [-0.25, -0.2) is 8.78 Å². The highest BCUT2D eigenvalue weighted by atomic mass is 19.1. The van der Waals surface area contributed by atoms with Gasteiger partial charge in [-0.2, -0.15) is 0 Å². The largest absolute Gasteiger partial charge is 0.379 e. The fourth-order valence-corrected chi connectivity index (χ4v) is 0.920. The van der Waals surface area contributed by atoms with Crippen molar-refractivity contribution < 1.29 is 8.78 Å². The van der Waals surface area contributed by atoms with Crippen LogP contribution >= 0.6 is 0 Å². The molecule has 0 fully saturated rings. The summed E-state index contributed by atoms with van der Waals surface area (Å²) in [6, 6.07) is 3.47. The number of benzene rings is 1. The van der Waals surface area contributed by atoms with Crippen molar-refractivity contribution in [2.75, 3.05) is 11.9 Å². The molecule has 13 heavy (non-hydrogen) atoms. The molecule has 0 aliphatic heterocycles. The van der Waals surface area contributed by atoms with Crippen molar-refractivity contribution in [3.8, 4) is 0 Å². The normalized spacial score (nSPS) is 10.7. The molecule has 0 aliphatic rings. The maximum atomic E-state index is 13.0. The lowest BCUT2D eigenvalue weighted by atomic mass is 10.3. The molecule has 70 valence electrons. The lowest BCUT2D eigenvalue weighted by molar-refractivity contribution is 0.585. The fraction of sp³-hybridized carbons (Fsp3) is 0.200. The van der Waals surface area contributed by atoms with Crippen LogP contribution in [-0.4, -0.2) is 6.54 Å². The highest BCUT2D eigenvalue weighted by Gasteiger charge is 2.00. The summed E-state index contributed by atoms with van der Waals surface area (Å²) in [6.07, 6.45) is 3.71. The molecule has 0 amide bonds. The van der Waals surface area contributed by atoms with Gasteiger partial charge in [0.2, 0.25) is 0 Å². The van der Waals surface area contributed by atoms with E-state index in [-0.39, 0.29) is 0 Å². The Hall–Kier alpha value is -1.38. The van der Waals surface area contributed by atoms with Gasteiger partial charge in [0.05, 0.1) is 5.69 Å². The van der Waals surface area contributed by atoms with E-state index in [0.29, 0.717) is 12.2 Å². The molecule has 0 heterocycles. The molecule has 1 nitrogen and oxygen atoms in total. The van der Waals surface area contributed by atoms with E-state index in [4.69, 9.17) is 0 Å². The number of hydrogen-bond acceptors (Lipinski definition) is 1. The molecule has 0 saturated carbocycles. The van der Waals surface area contributed by atoms with Gasteiger partial charge in [0.1, 0.15) is 11.6 Å². The van der Waals surface area contributed by atoms with Crippen LogP contribution in [0.5, 0.6) is 0 Å². The van der Waals surface area contributed by atoms with E-state index in [9.17, 15) is 8.78 Å². The number of nitrogens with one attached hydrogen (secondary N) is 1. The second kappa shape index (κ2) is 4.60. The average molecular weight is 183 g/mol. The predicted molar refractivity (Wildman–Crippen MR) is 49.7 cm³/mol. The third kappa shape index (κ3) is 2.86. The van der Waals surface area contributed by atoms with Crippen LogP contribution in [0.2, 0.25) is 0 Å². The highest BCUT2D eigenvalue weighted by molar-refractivity contribution is 5.45. The van der Waals surface area contributed by atoms with Gasteiger partial charge in [0.25, 0.3) is 0 Å². The standard InChI is InChI=1S/C10H11F2N/c1-2-3-6-13-10-5-4-8(11)7-9(10)12/h2-5,7,13H,6H2,1H3/b3-2+. The molecule has 0 radical (unpaired) electrons. The van der Waals surface area contributed by atoms with Crippen molar-refractivity contribution in [2.45, 2.75) is 6.92 Å². The van der Waals surface area contributed by atoms with Crippen molar-refractivity contribution in [1.82, 2.24) is 0 Å². The summed E-state index contributed by atoms with van der Waals surface area (Å²) in [5.74, 6) is -1.13. The van der Waals surface area contributed by atoms with Crippen molar-refractivity contribution in [2.24, 2.45) is 0 Å². The first-order valence-corrected chi connectivity index (χ1v) is 4.04. The second-order valence-corrected chi connectivity index (χ2v) is 2.57. The number of allylic oxidation sites excluding steroid dienone is 1. The quantitative estimate of drug-likeness (QED) is 0.710. The highest BCUT2D eigenvalue weighted by Crippen LogP contribution is 2.14. The van der Waals surface area contributed by atoms with Crippen LogP contribution < -0.4 is 5.32 Å². The summed E-state index contributed by atoms with van der Waals surface area (Å²) in [5.41, 5.74) is 0.319. The molecule has 0 aliphatic carbocycles. The lowest BCUT2D eigenvalue weighted by Crippen LogP contribution is -2.00. The summed E-state index contributed by atoms with van der Waals surface area (Å²) >= 11 is 0. The van der Waals surface area contributed by atoms with Crippen LogP contribution in [0.15, 0.2) is 30.4 Å². The van der Waals surface area contributed by atoms with Gasteiger partial charge in [-0.05, 0) is 19.1 Å². The summed E-state index contributed by atoms with van der Waals surface area (Å²) < 4.78 is 25.4. The van der Waals surface area contributed by atoms with Gasteiger partial charge in [-0.15, -0.1) is 0 Å². The topological polar surface area (TPSA) is 12.0 Å². The van der Waals surface area contributed by atoms with Crippen molar-refractivity contribution in [3.63, 3.8) is 0 Å². The van der Waals surface area contributed by atoms with Crippen LogP contribution in [0.3, 0.4) is 0 Å². The minimum atomic E-state index is -0.565. The first-order valence-electron chi connectivity index (χ1n) is 4.04. The SMILES string of the molecule is C/C=C/CNc1ccc(F)cc1F. The average Bonchev–Trinajstić information content (AvgIpc) is 2.09. The molecule has 3 heteroatoms. The zero-order valence-corrected chi connectivity index (χ0v) is 7.35. The van der Waals surface area contributed by atoms with Crippen LogP contribution in [0, 0.1) is 11.6 Å². The Morgan fingerprint density at radius 2 is 2.15 bits per heavy atom. The number of hydrogen-bond donors (Lipinski definition) is 1. The molecule has 0 bridgehead atoms. The maximum Gasteiger partial charge on any atom is 0.149 e. The number of anilines is 1. The summed E-state index contributed by atoms with van der Waals surface area (Å²) in [6.45, 7) is 2.42. The van der Waals surface area contributed by atoms with E-state index in [0.717, 1.165) is 6.07 Å². The number of rotatable bonds is 3. The third-order valence-corrected chi connectivity index (χ3v) is 1.58. The molecular weight excluding hydrogens is 172 g/mol. The minimum Gasteiger partial charge on any atom is -0.379 e. The summed E-state index contributed by atoms with van der Waals surface area (Å²) in [5, 5.41) is 2.81. The zero-order valence-electron chi connectivity index (χ0n) is 7.35. The van der Waals surface area contributed by atoms with E-state index in [1.54, 1.807) is 0 Å². The fourth-order valence-electron chi connectivity index (χ4n) is 0.920. The van der Waals surface area contributed by atoms with Crippen molar-refractivity contribution >= 4 is 5.69 Å². The monoisotopic (exact) mass is 183 g/mol. The Labute approximate surface area is 76.1 Å². The second-order valence-electron chi connectivity index (χ2n) is 2.57. The van der Waals surface area contributed by atoms with E-state index in [1.807, 2.05) is 19.1 Å². The summed E-state index contributed by atoms with van der Waals surface area (Å²) in [4.78, 5) is 0. The van der Waals surface area contributed by atoms with Crippen molar-refractivity contribution in [3.05, 3.63) is 42.0 Å². The molecule has 1 N–H and O–H groups in total. The van der Waals surface area contributed by atoms with Crippen LogP contribution in [-0.2, 0) is 0 Å². The predicted octanol–water partition coefficient (Wildman–Crippen LogP) is 2.95. The van der Waals surface area contributed by atoms with Gasteiger partial charge >= 0.3 is 0 Å². The third-order valence-electron chi connectivity index (χ3n) is 1.58. The van der Waals surface area contributed by atoms with Gasteiger partial charge in [0, 0.05) is 12.6 Å². The zero-order chi connectivity index (χ0) is 9.68. The van der Waals surface area contributed by atoms with E-state index in [1.165, 1.54) is 12.1 Å². The van der Waals surface area contributed by atoms with Gasteiger partial charge in [-0.1, -0.05) is 12.2 Å². The lowest BCUT2D eigenvalue weighted by Gasteiger charge is -2.03. The summed E-state index contributed by atoms with van der Waals surface area (Å²) in [7, 11) is 0. The van der Waals surface area contributed by atoms with Gasteiger partial charge in [-0.3, -0.25) is 0 Å². The smallest absolute Gasteiger partial charge is 0.149 e. The first kappa shape index (κ1) is 9.71. The van der Waals surface area contributed by atoms with E-state index < -0.39 is 11.6 Å². The molecule has 1 aromatic rings. The molecule has 1 rings (SSSR count). The van der Waals surface area contributed by atoms with Gasteiger partial charge < -0.3 is 5.32 Å². The molecular formula is C10H11F2N. The first-order chi connectivity index (χ1) is 6.24. The van der Waals surface area contributed by atoms with Gasteiger partial charge in [0.15, 0.2) is 0 Å². The molecule has 1 aromatic carbocycles. The number of halogens is 2. The van der Waals surface area contributed by atoms with Crippen LogP contribution in [0.1, 0.15) is 6.92 Å². The Morgan fingerprint density at radius 1 is 1.38 bits per heavy atom. The molecule has 0 aromatic heterocycles. The van der Waals surface area contributed by atoms with Crippen molar-refractivity contribution in [1.29, 1.82) is 0 Å². The molecule has 0 atom stereocenters. The Morgan fingerprint density at radius 3 is 2.77 bits per heavy atom.